The van der Waals surface area contributed by atoms with E-state index in [1.54, 1.807) is 0 Å². The van der Waals surface area contributed by atoms with Crippen molar-refractivity contribution in [2.75, 3.05) is 13.2 Å². The minimum atomic E-state index is -1.06. The number of aliphatic hydroxyl groups is 1. The number of aliphatic hydroxyl groups excluding tert-OH is 1. The fourth-order valence-electron chi connectivity index (χ4n) is 2.61. The molecule has 0 radical (unpaired) electrons. The number of carboxylic acid groups (broad SMARTS) is 1. The van der Waals surface area contributed by atoms with Gasteiger partial charge in [-0.2, -0.15) is 0 Å². The molecule has 0 saturated heterocycles. The maximum atomic E-state index is 11.3. The summed E-state index contributed by atoms with van der Waals surface area (Å²) in [5, 5.41) is 18.1. The Morgan fingerprint density at radius 1 is 1.35 bits per heavy atom. The molecule has 0 aromatic carbocycles. The monoisotopic (exact) mass is 244 g/mol. The van der Waals surface area contributed by atoms with Crippen LogP contribution >= 0.6 is 0 Å². The zero-order valence-corrected chi connectivity index (χ0v) is 11.0. The maximum Gasteiger partial charge on any atom is 0.335 e. The fraction of sp³-hybridized carbons (Fsp3) is 0.923. The first-order chi connectivity index (χ1) is 7.82. The van der Waals surface area contributed by atoms with Crippen molar-refractivity contribution in [1.29, 1.82) is 0 Å². The summed E-state index contributed by atoms with van der Waals surface area (Å²) in [5.74, 6) is -0.342. The van der Waals surface area contributed by atoms with Gasteiger partial charge in [-0.05, 0) is 37.0 Å². The lowest BCUT2D eigenvalue weighted by atomic mass is 9.68. The second kappa shape index (κ2) is 5.36. The first-order valence-electron chi connectivity index (χ1n) is 6.30. The quantitative estimate of drug-likeness (QED) is 0.794. The molecule has 1 aliphatic carbocycles. The van der Waals surface area contributed by atoms with E-state index in [9.17, 15) is 9.90 Å². The van der Waals surface area contributed by atoms with Crippen molar-refractivity contribution in [3.05, 3.63) is 0 Å². The van der Waals surface area contributed by atoms with Crippen molar-refractivity contribution < 1.29 is 19.7 Å². The van der Waals surface area contributed by atoms with Crippen LogP contribution < -0.4 is 0 Å². The lowest BCUT2D eigenvalue weighted by Crippen LogP contribution is -2.46. The van der Waals surface area contributed by atoms with Crippen LogP contribution in [0.5, 0.6) is 0 Å². The van der Waals surface area contributed by atoms with Crippen molar-refractivity contribution in [2.45, 2.75) is 52.1 Å². The van der Waals surface area contributed by atoms with E-state index in [-0.39, 0.29) is 18.6 Å². The molecule has 4 nitrogen and oxygen atoms in total. The van der Waals surface area contributed by atoms with Crippen molar-refractivity contribution in [3.63, 3.8) is 0 Å². The van der Waals surface area contributed by atoms with Crippen LogP contribution in [0.15, 0.2) is 0 Å². The summed E-state index contributed by atoms with van der Waals surface area (Å²) in [6, 6.07) is 0. The number of hydrogen-bond acceptors (Lipinski definition) is 3. The van der Waals surface area contributed by atoms with Gasteiger partial charge in [-0.1, -0.05) is 20.8 Å². The molecule has 1 rings (SSSR count). The summed E-state index contributed by atoms with van der Waals surface area (Å²) < 4.78 is 5.39. The Morgan fingerprint density at radius 3 is 2.24 bits per heavy atom. The van der Waals surface area contributed by atoms with E-state index in [1.807, 2.05) is 0 Å². The predicted octanol–water partition coefficient (Wildman–Crippen LogP) is 2.06. The van der Waals surface area contributed by atoms with Crippen LogP contribution in [0, 0.1) is 11.3 Å². The number of carboxylic acids is 1. The minimum absolute atomic E-state index is 0.104. The van der Waals surface area contributed by atoms with Gasteiger partial charge in [-0.25, -0.2) is 4.79 Å². The third kappa shape index (κ3) is 3.42. The number of rotatable bonds is 4. The molecule has 100 valence electrons. The van der Waals surface area contributed by atoms with E-state index in [4.69, 9.17) is 9.84 Å². The molecular weight excluding hydrogens is 220 g/mol. The number of carbonyl (C=O) groups is 1. The third-order valence-corrected chi connectivity index (χ3v) is 3.88. The molecule has 1 aliphatic rings. The van der Waals surface area contributed by atoms with Crippen LogP contribution in [-0.2, 0) is 9.53 Å². The lowest BCUT2D eigenvalue weighted by molar-refractivity contribution is -0.174. The van der Waals surface area contributed by atoms with Gasteiger partial charge in [0.2, 0.25) is 0 Å². The van der Waals surface area contributed by atoms with Crippen molar-refractivity contribution in [3.8, 4) is 0 Å². The molecule has 0 unspecified atom stereocenters. The molecular formula is C13H24O4. The van der Waals surface area contributed by atoms with Crippen LogP contribution in [0.3, 0.4) is 0 Å². The Labute approximate surface area is 103 Å². The summed E-state index contributed by atoms with van der Waals surface area (Å²) in [5.41, 5.74) is -0.841. The van der Waals surface area contributed by atoms with Gasteiger partial charge in [0, 0.05) is 0 Å². The van der Waals surface area contributed by atoms with Gasteiger partial charge in [0.25, 0.3) is 0 Å². The van der Waals surface area contributed by atoms with Crippen LogP contribution in [0.25, 0.3) is 0 Å². The highest BCUT2D eigenvalue weighted by atomic mass is 16.5. The molecule has 0 aromatic rings. The smallest absolute Gasteiger partial charge is 0.335 e. The molecule has 0 heterocycles. The minimum Gasteiger partial charge on any atom is -0.479 e. The average Bonchev–Trinajstić information content (AvgIpc) is 2.25. The molecule has 1 saturated carbocycles. The van der Waals surface area contributed by atoms with E-state index in [0.29, 0.717) is 18.8 Å². The SMILES string of the molecule is CC(C)(C)C1CCC(OCCO)(C(=O)O)CC1. The summed E-state index contributed by atoms with van der Waals surface area (Å²) in [7, 11) is 0. The first-order valence-corrected chi connectivity index (χ1v) is 6.30. The van der Waals surface area contributed by atoms with Gasteiger partial charge in [0.15, 0.2) is 5.60 Å². The molecule has 0 bridgehead atoms. The van der Waals surface area contributed by atoms with Crippen molar-refractivity contribution >= 4 is 5.97 Å². The van der Waals surface area contributed by atoms with Gasteiger partial charge in [0.1, 0.15) is 0 Å². The van der Waals surface area contributed by atoms with Crippen LogP contribution in [-0.4, -0.2) is 35.0 Å². The highest BCUT2D eigenvalue weighted by molar-refractivity contribution is 5.77. The Kier molecular flexibility index (Phi) is 4.55. The van der Waals surface area contributed by atoms with Gasteiger partial charge in [0.05, 0.1) is 13.2 Å². The molecule has 0 atom stereocenters. The summed E-state index contributed by atoms with van der Waals surface area (Å²) in [4.78, 5) is 11.3. The van der Waals surface area contributed by atoms with Crippen molar-refractivity contribution in [1.82, 2.24) is 0 Å². The summed E-state index contributed by atoms with van der Waals surface area (Å²) in [6.45, 7) is 6.56. The molecule has 4 heteroatoms. The lowest BCUT2D eigenvalue weighted by Gasteiger charge is -2.41. The first kappa shape index (κ1) is 14.5. The van der Waals surface area contributed by atoms with E-state index in [1.165, 1.54) is 0 Å². The Hall–Kier alpha value is -0.610. The predicted molar refractivity (Wildman–Crippen MR) is 64.8 cm³/mol. The topological polar surface area (TPSA) is 66.8 Å². The Balaban J connectivity index is 2.64. The molecule has 0 spiro atoms. The standard InChI is InChI=1S/C13H24O4/c1-12(2,3)10-4-6-13(7-5-10,11(15)16)17-9-8-14/h10,14H,4-9H2,1-3H3,(H,15,16). The summed E-state index contributed by atoms with van der Waals surface area (Å²) >= 11 is 0. The summed E-state index contributed by atoms with van der Waals surface area (Å²) in [6.07, 6.45) is 2.84. The van der Waals surface area contributed by atoms with E-state index in [0.717, 1.165) is 12.8 Å². The molecule has 0 aromatic heterocycles. The maximum absolute atomic E-state index is 11.3. The second-order valence-electron chi connectivity index (χ2n) is 6.01. The number of aliphatic carboxylic acids is 1. The number of hydrogen-bond donors (Lipinski definition) is 2. The highest BCUT2D eigenvalue weighted by Gasteiger charge is 2.44. The van der Waals surface area contributed by atoms with E-state index in [2.05, 4.69) is 20.8 Å². The normalized spacial score (nSPS) is 30.2. The molecule has 1 fully saturated rings. The molecule has 0 amide bonds. The van der Waals surface area contributed by atoms with Gasteiger partial charge >= 0.3 is 5.97 Å². The van der Waals surface area contributed by atoms with Crippen LogP contribution in [0.1, 0.15) is 46.5 Å². The van der Waals surface area contributed by atoms with E-state index < -0.39 is 11.6 Å². The zero-order chi connectivity index (χ0) is 13.1. The molecule has 0 aliphatic heterocycles. The Bertz CT molecular complexity index is 259. The van der Waals surface area contributed by atoms with Crippen LogP contribution in [0.4, 0.5) is 0 Å². The largest absolute Gasteiger partial charge is 0.479 e. The highest BCUT2D eigenvalue weighted by Crippen LogP contribution is 2.42. The average molecular weight is 244 g/mol. The zero-order valence-electron chi connectivity index (χ0n) is 11.0. The van der Waals surface area contributed by atoms with Gasteiger partial charge in [-0.3, -0.25) is 0 Å². The Morgan fingerprint density at radius 2 is 1.88 bits per heavy atom. The molecule has 2 N–H and O–H groups in total. The second-order valence-corrected chi connectivity index (χ2v) is 6.01. The fourth-order valence-corrected chi connectivity index (χ4v) is 2.61. The van der Waals surface area contributed by atoms with E-state index >= 15 is 0 Å². The number of ether oxygens (including phenoxy) is 1. The van der Waals surface area contributed by atoms with Crippen LogP contribution in [0.2, 0.25) is 0 Å². The van der Waals surface area contributed by atoms with Gasteiger partial charge in [-0.15, -0.1) is 0 Å². The van der Waals surface area contributed by atoms with Gasteiger partial charge < -0.3 is 14.9 Å². The van der Waals surface area contributed by atoms with Crippen molar-refractivity contribution in [2.24, 2.45) is 11.3 Å². The third-order valence-electron chi connectivity index (χ3n) is 3.88. The molecule has 17 heavy (non-hydrogen) atoms.